The third kappa shape index (κ3) is 4.57. The Bertz CT molecular complexity index is 902. The Kier molecular flexibility index (Phi) is 6.77. The van der Waals surface area contributed by atoms with Crippen LogP contribution in [-0.4, -0.2) is 30.1 Å². The second-order valence-electron chi connectivity index (χ2n) is 7.02. The smallest absolute Gasteiger partial charge is 0.180 e. The highest BCUT2D eigenvalue weighted by Crippen LogP contribution is 2.37. The highest BCUT2D eigenvalue weighted by atomic mass is 35.5. The van der Waals surface area contributed by atoms with Crippen LogP contribution in [0.2, 0.25) is 5.02 Å². The average Bonchev–Trinajstić information content (AvgIpc) is 2.72. The fraction of sp³-hybridized carbons (Fsp3) is 0.364. The van der Waals surface area contributed by atoms with E-state index in [0.717, 1.165) is 48.0 Å². The van der Waals surface area contributed by atoms with E-state index in [1.807, 2.05) is 30.3 Å². The van der Waals surface area contributed by atoms with Gasteiger partial charge < -0.3 is 14.4 Å². The summed E-state index contributed by atoms with van der Waals surface area (Å²) in [6, 6.07) is 13.2. The van der Waals surface area contributed by atoms with Crippen LogP contribution in [0.15, 0.2) is 36.4 Å². The molecule has 0 aliphatic carbocycles. The maximum absolute atomic E-state index is 9.23. The molecule has 0 spiro atoms. The molecule has 1 saturated heterocycles. The van der Waals surface area contributed by atoms with Gasteiger partial charge >= 0.3 is 0 Å². The maximum atomic E-state index is 9.23. The number of methoxy groups -OCH3 is 1. The largest absolute Gasteiger partial charge is 0.493 e. The van der Waals surface area contributed by atoms with Crippen LogP contribution in [0.4, 0.5) is 0 Å². The van der Waals surface area contributed by atoms with Crippen molar-refractivity contribution < 1.29 is 9.47 Å². The Balaban J connectivity index is 1.80. The number of benzene rings is 2. The number of hydrogen-bond donors (Lipinski definition) is 0. The SMILES string of the molecule is COc1cc(C(=S)N2CCC(C)CC2)cc(Cl)c1OCc1ccccc1C#N. The van der Waals surface area contributed by atoms with Gasteiger partial charge in [-0.1, -0.05) is 48.9 Å². The fourth-order valence-electron chi connectivity index (χ4n) is 3.28. The normalized spacial score (nSPS) is 14.4. The van der Waals surface area contributed by atoms with Crippen LogP contribution in [0.5, 0.6) is 11.5 Å². The molecule has 2 aromatic rings. The minimum absolute atomic E-state index is 0.230. The molecule has 4 nitrogen and oxygen atoms in total. The Morgan fingerprint density at radius 3 is 2.68 bits per heavy atom. The molecule has 1 aliphatic heterocycles. The van der Waals surface area contributed by atoms with Gasteiger partial charge in [-0.2, -0.15) is 5.26 Å². The van der Waals surface area contributed by atoms with Crippen LogP contribution in [0.25, 0.3) is 0 Å². The first-order valence-electron chi connectivity index (χ1n) is 9.31. The predicted octanol–water partition coefficient (Wildman–Crippen LogP) is 5.21. The summed E-state index contributed by atoms with van der Waals surface area (Å²) < 4.78 is 11.4. The molecular formula is C22H23ClN2O2S. The van der Waals surface area contributed by atoms with Crippen molar-refractivity contribution in [2.45, 2.75) is 26.4 Å². The van der Waals surface area contributed by atoms with Crippen molar-refractivity contribution in [2.24, 2.45) is 5.92 Å². The average molecular weight is 415 g/mol. The van der Waals surface area contributed by atoms with Crippen LogP contribution in [0.3, 0.4) is 0 Å². The highest BCUT2D eigenvalue weighted by Gasteiger charge is 2.21. The van der Waals surface area contributed by atoms with Gasteiger partial charge in [-0.05, 0) is 37.0 Å². The van der Waals surface area contributed by atoms with Gasteiger partial charge in [0.1, 0.15) is 11.6 Å². The summed E-state index contributed by atoms with van der Waals surface area (Å²) in [7, 11) is 1.58. The monoisotopic (exact) mass is 414 g/mol. The zero-order valence-electron chi connectivity index (χ0n) is 16.1. The molecule has 3 rings (SSSR count). The van der Waals surface area contributed by atoms with Crippen molar-refractivity contribution in [3.05, 3.63) is 58.1 Å². The number of nitriles is 1. The van der Waals surface area contributed by atoms with E-state index in [1.165, 1.54) is 0 Å². The summed E-state index contributed by atoms with van der Waals surface area (Å²) in [4.78, 5) is 3.01. The first-order chi connectivity index (χ1) is 13.5. The van der Waals surface area contributed by atoms with E-state index in [0.29, 0.717) is 22.1 Å². The molecule has 6 heteroatoms. The van der Waals surface area contributed by atoms with Gasteiger partial charge in [-0.3, -0.25) is 0 Å². The number of thiocarbonyl (C=S) groups is 1. The van der Waals surface area contributed by atoms with Crippen LogP contribution < -0.4 is 9.47 Å². The molecular weight excluding hydrogens is 392 g/mol. The summed E-state index contributed by atoms with van der Waals surface area (Å²) in [6.45, 7) is 4.43. The Morgan fingerprint density at radius 2 is 2.00 bits per heavy atom. The van der Waals surface area contributed by atoms with Gasteiger partial charge in [-0.15, -0.1) is 0 Å². The van der Waals surface area contributed by atoms with Crippen molar-refractivity contribution in [3.8, 4) is 17.6 Å². The summed E-state index contributed by atoms with van der Waals surface area (Å²) in [5.41, 5.74) is 2.23. The lowest BCUT2D eigenvalue weighted by Gasteiger charge is -2.32. The van der Waals surface area contributed by atoms with Crippen LogP contribution >= 0.6 is 23.8 Å². The van der Waals surface area contributed by atoms with E-state index in [4.69, 9.17) is 33.3 Å². The molecule has 0 saturated carbocycles. The molecule has 0 unspecified atom stereocenters. The lowest BCUT2D eigenvalue weighted by Crippen LogP contribution is -2.37. The Morgan fingerprint density at radius 1 is 1.29 bits per heavy atom. The number of piperidine rings is 1. The second kappa shape index (κ2) is 9.27. The minimum atomic E-state index is 0.230. The molecule has 1 fully saturated rings. The molecule has 0 radical (unpaired) electrons. The van der Waals surface area contributed by atoms with Gasteiger partial charge in [-0.25, -0.2) is 0 Å². The molecule has 2 aromatic carbocycles. The second-order valence-corrected chi connectivity index (χ2v) is 7.82. The van der Waals surface area contributed by atoms with E-state index < -0.39 is 0 Å². The zero-order valence-corrected chi connectivity index (χ0v) is 17.6. The lowest BCUT2D eigenvalue weighted by molar-refractivity contribution is 0.282. The van der Waals surface area contributed by atoms with Gasteiger partial charge in [0, 0.05) is 24.2 Å². The number of nitrogens with zero attached hydrogens (tertiary/aromatic N) is 2. The van der Waals surface area contributed by atoms with Gasteiger partial charge in [0.05, 0.1) is 23.8 Å². The van der Waals surface area contributed by atoms with E-state index in [2.05, 4.69) is 17.9 Å². The molecule has 0 amide bonds. The number of hydrogen-bond acceptors (Lipinski definition) is 4. The van der Waals surface area contributed by atoms with Crippen molar-refractivity contribution in [3.63, 3.8) is 0 Å². The van der Waals surface area contributed by atoms with E-state index in [-0.39, 0.29) is 6.61 Å². The first-order valence-corrected chi connectivity index (χ1v) is 10.1. The van der Waals surface area contributed by atoms with Crippen molar-refractivity contribution in [2.75, 3.05) is 20.2 Å². The first kappa shape index (κ1) is 20.4. The van der Waals surface area contributed by atoms with Crippen LogP contribution in [0, 0.1) is 17.2 Å². The number of halogens is 1. The zero-order chi connectivity index (χ0) is 20.1. The van der Waals surface area contributed by atoms with Crippen LogP contribution in [-0.2, 0) is 6.61 Å². The third-order valence-corrected chi connectivity index (χ3v) is 5.83. The quantitative estimate of drug-likeness (QED) is 0.628. The van der Waals surface area contributed by atoms with Crippen molar-refractivity contribution >= 4 is 28.8 Å². The molecule has 0 N–H and O–H groups in total. The topological polar surface area (TPSA) is 45.5 Å². The van der Waals surface area contributed by atoms with E-state index >= 15 is 0 Å². The highest BCUT2D eigenvalue weighted by molar-refractivity contribution is 7.80. The number of likely N-dealkylation sites (tertiary alicyclic amines) is 1. The lowest BCUT2D eigenvalue weighted by atomic mass is 9.99. The molecule has 1 aliphatic rings. The molecule has 0 aromatic heterocycles. The van der Waals surface area contributed by atoms with Gasteiger partial charge in [0.2, 0.25) is 0 Å². The van der Waals surface area contributed by atoms with E-state index in [1.54, 1.807) is 13.2 Å². The molecule has 0 bridgehead atoms. The fourth-order valence-corrected chi connectivity index (χ4v) is 3.85. The number of ether oxygens (including phenoxy) is 2. The molecule has 0 atom stereocenters. The summed E-state index contributed by atoms with van der Waals surface area (Å²) >= 11 is 12.2. The summed E-state index contributed by atoms with van der Waals surface area (Å²) in [5, 5.41) is 9.67. The predicted molar refractivity (Wildman–Crippen MR) is 115 cm³/mol. The molecule has 28 heavy (non-hydrogen) atoms. The number of rotatable bonds is 5. The third-order valence-electron chi connectivity index (χ3n) is 5.06. The standard InChI is InChI=1S/C22H23ClN2O2S/c1-15-7-9-25(10-8-15)22(28)18-11-19(23)21(20(12-18)26-2)27-14-17-6-4-3-5-16(17)13-24/h3-6,11-12,15H,7-10,14H2,1-2H3. The van der Waals surface area contributed by atoms with Crippen molar-refractivity contribution in [1.29, 1.82) is 5.26 Å². The molecule has 1 heterocycles. The summed E-state index contributed by atoms with van der Waals surface area (Å²) in [5.74, 6) is 1.73. The van der Waals surface area contributed by atoms with Crippen molar-refractivity contribution in [1.82, 2.24) is 4.90 Å². The maximum Gasteiger partial charge on any atom is 0.180 e. The summed E-state index contributed by atoms with van der Waals surface area (Å²) in [6.07, 6.45) is 2.29. The van der Waals surface area contributed by atoms with Crippen LogP contribution in [0.1, 0.15) is 36.5 Å². The van der Waals surface area contributed by atoms with E-state index in [9.17, 15) is 5.26 Å². The van der Waals surface area contributed by atoms with Gasteiger partial charge in [0.25, 0.3) is 0 Å². The molecule has 146 valence electrons. The Labute approximate surface area is 176 Å². The Hall–Kier alpha value is -2.29. The minimum Gasteiger partial charge on any atom is -0.493 e. The van der Waals surface area contributed by atoms with Gasteiger partial charge in [0.15, 0.2) is 11.5 Å².